The fraction of sp³-hybridized carbons (Fsp3) is 0.333. The number of carboxylic acid groups (broad SMARTS) is 6. The standard InChI is InChI=1S/C8H6O7S.2C8H6O4.C6H14O4.C4H10O3.C2H6O2.2Na/c9-7(10)4-1-5(8(11)12)3-6(2-4)16(13,14)15;9-7(10)5-1-2-6(4-3-5)8(11)12;9-7(10)5-2-1-3-6(4-5)8(11)12;7-1-3-9-5-6-10-4-2-8;5-1-3-7-4-2-6;3-1-2-4;;/h1-3H,(H,9,10)(H,11,12)(H,13,14,15);2*1-4H,(H,9,10)(H,11,12);7-8H,1-6H2;5-6H,1-4H2;3-4H,1-2H2;;/q;;;;;;2*+1/p-2. The molecule has 3 aromatic rings. The molecule has 0 heterocycles. The van der Waals surface area contributed by atoms with Gasteiger partial charge in [0.05, 0.1) is 118 Å². The van der Waals surface area contributed by atoms with Crippen molar-refractivity contribution in [3.8, 4) is 0 Å². The van der Waals surface area contributed by atoms with Crippen molar-refractivity contribution in [1.82, 2.24) is 0 Å². The van der Waals surface area contributed by atoms with Crippen LogP contribution in [0.5, 0.6) is 0 Å². The predicted octanol–water partition coefficient (Wildman–Crippen LogP) is -9.20. The number of aliphatic hydroxyl groups is 6. The second kappa shape index (κ2) is 42.0. The van der Waals surface area contributed by atoms with Crippen molar-refractivity contribution in [2.24, 2.45) is 0 Å². The van der Waals surface area contributed by atoms with E-state index in [1.165, 1.54) is 42.5 Å². The Bertz CT molecular complexity index is 1750. The third-order valence-corrected chi connectivity index (χ3v) is 6.66. The third-order valence-electron chi connectivity index (χ3n) is 5.83. The van der Waals surface area contributed by atoms with E-state index in [4.69, 9.17) is 65.1 Å². The van der Waals surface area contributed by atoms with Gasteiger partial charge in [0.1, 0.15) is 0 Å². The quantitative estimate of drug-likeness (QED) is 0.0302. The van der Waals surface area contributed by atoms with Crippen LogP contribution in [-0.2, 0) is 24.3 Å². The van der Waals surface area contributed by atoms with Gasteiger partial charge in [-0.05, 0) is 71.8 Å². The van der Waals surface area contributed by atoms with E-state index >= 15 is 0 Å². The Balaban J connectivity index is -0.000000220. The molecule has 342 valence electrons. The molecule has 0 saturated heterocycles. The molecule has 0 aromatic heterocycles. The maximum absolute atomic E-state index is 10.7. The van der Waals surface area contributed by atoms with Crippen molar-refractivity contribution in [3.63, 3.8) is 0 Å². The molecule has 0 unspecified atom stereocenters. The zero-order chi connectivity index (χ0) is 47.4. The largest absolute Gasteiger partial charge is 1.00 e. The molecule has 0 saturated carbocycles. The molecule has 0 amide bonds. The second-order valence-corrected chi connectivity index (χ2v) is 11.8. The summed E-state index contributed by atoms with van der Waals surface area (Å²) in [6.45, 7) is 2.17. The Labute approximate surface area is 403 Å². The molecule has 0 bridgehead atoms. The summed E-state index contributed by atoms with van der Waals surface area (Å²) < 4.78 is 44.4. The van der Waals surface area contributed by atoms with Gasteiger partial charge in [0, 0.05) is 0 Å². The van der Waals surface area contributed by atoms with Gasteiger partial charge in [0.2, 0.25) is 0 Å². The van der Waals surface area contributed by atoms with Crippen LogP contribution >= 0.6 is 0 Å². The first kappa shape index (κ1) is 68.1. The van der Waals surface area contributed by atoms with Gasteiger partial charge < -0.3 is 85.1 Å². The maximum Gasteiger partial charge on any atom is 1.00 e. The molecule has 24 nitrogen and oxygen atoms in total. The average Bonchev–Trinajstić information content (AvgIpc) is 3.23. The van der Waals surface area contributed by atoms with Crippen LogP contribution in [0, 0.1) is 0 Å². The molecule has 3 aromatic carbocycles. The van der Waals surface area contributed by atoms with Crippen molar-refractivity contribution in [3.05, 3.63) is 100 Å². The molecule has 27 heteroatoms. The minimum Gasteiger partial charge on any atom is -0.545 e. The molecule has 0 fully saturated rings. The number of carbonyl (C=O) groups excluding carboxylic acids is 2. The van der Waals surface area contributed by atoms with Crippen LogP contribution in [0.4, 0.5) is 0 Å². The monoisotopic (exact) mass is 940 g/mol. The van der Waals surface area contributed by atoms with Crippen LogP contribution < -0.4 is 69.3 Å². The molecule has 0 atom stereocenters. The molecule has 0 radical (unpaired) electrons. The van der Waals surface area contributed by atoms with E-state index in [0.29, 0.717) is 57.8 Å². The third kappa shape index (κ3) is 37.1. The van der Waals surface area contributed by atoms with Gasteiger partial charge in [-0.3, -0.25) is 4.55 Å². The molecule has 0 spiro atoms. The van der Waals surface area contributed by atoms with Gasteiger partial charge in [-0.15, -0.1) is 0 Å². The van der Waals surface area contributed by atoms with E-state index in [-0.39, 0.29) is 121 Å². The summed E-state index contributed by atoms with van der Waals surface area (Å²) >= 11 is 0. The summed E-state index contributed by atoms with van der Waals surface area (Å²) in [5, 5.41) is 103. The van der Waals surface area contributed by atoms with E-state index < -0.39 is 62.0 Å². The normalized spacial score (nSPS) is 9.51. The summed E-state index contributed by atoms with van der Waals surface area (Å²) in [7, 11) is -4.70. The first-order chi connectivity index (χ1) is 28.7. The van der Waals surface area contributed by atoms with Crippen molar-refractivity contribution in [1.29, 1.82) is 0 Å². The molecule has 3 rings (SSSR count). The summed E-state index contributed by atoms with van der Waals surface area (Å²) in [5.74, 6) is -7.92. The smallest absolute Gasteiger partial charge is 0.545 e. The first-order valence-electron chi connectivity index (χ1n) is 16.8. The number of rotatable bonds is 19. The number of hydrogen-bond acceptors (Lipinski definition) is 19. The minimum absolute atomic E-state index is 0. The topological polar surface area (TPSA) is 433 Å². The Morgan fingerprint density at radius 2 is 0.698 bits per heavy atom. The van der Waals surface area contributed by atoms with E-state index in [1.54, 1.807) is 0 Å². The van der Waals surface area contributed by atoms with Crippen molar-refractivity contribution >= 4 is 45.9 Å². The number of carbonyl (C=O) groups is 6. The van der Waals surface area contributed by atoms with E-state index in [0.717, 1.165) is 6.07 Å². The fourth-order valence-corrected chi connectivity index (χ4v) is 3.76. The number of carboxylic acids is 6. The zero-order valence-electron chi connectivity index (χ0n) is 34.0. The van der Waals surface area contributed by atoms with Crippen LogP contribution in [-0.4, -0.2) is 179 Å². The molecule has 0 aliphatic heterocycles. The molecule has 63 heavy (non-hydrogen) atoms. The van der Waals surface area contributed by atoms with Gasteiger partial charge in [-0.25, -0.2) is 19.2 Å². The van der Waals surface area contributed by atoms with Crippen LogP contribution in [0.15, 0.2) is 71.6 Å². The minimum atomic E-state index is -4.70. The van der Waals surface area contributed by atoms with Gasteiger partial charge >= 0.3 is 83.0 Å². The van der Waals surface area contributed by atoms with Crippen molar-refractivity contribution < 1.29 is 176 Å². The first-order valence-corrected chi connectivity index (χ1v) is 18.2. The summed E-state index contributed by atoms with van der Waals surface area (Å²) in [4.78, 5) is 61.5. The summed E-state index contributed by atoms with van der Waals surface area (Å²) in [6.07, 6.45) is 0. The number of hydrogen-bond donors (Lipinski definition) is 11. The van der Waals surface area contributed by atoms with E-state index in [2.05, 4.69) is 4.74 Å². The molecular formula is C36H46Na2O24S. The van der Waals surface area contributed by atoms with E-state index in [1.807, 2.05) is 0 Å². The zero-order valence-corrected chi connectivity index (χ0v) is 38.8. The van der Waals surface area contributed by atoms with Crippen LogP contribution in [0.1, 0.15) is 62.1 Å². The predicted molar refractivity (Wildman–Crippen MR) is 201 cm³/mol. The van der Waals surface area contributed by atoms with Crippen molar-refractivity contribution in [2.75, 3.05) is 79.3 Å². The Morgan fingerprint density at radius 1 is 0.429 bits per heavy atom. The number of ether oxygens (including phenoxy) is 3. The second-order valence-electron chi connectivity index (χ2n) is 10.4. The molecule has 0 aliphatic carbocycles. The number of benzene rings is 3. The van der Waals surface area contributed by atoms with Gasteiger partial charge in [-0.1, -0.05) is 6.07 Å². The molecular weight excluding hydrogens is 894 g/mol. The van der Waals surface area contributed by atoms with Gasteiger partial charge in [0.15, 0.2) is 0 Å². The van der Waals surface area contributed by atoms with Gasteiger partial charge in [0.25, 0.3) is 10.1 Å². The van der Waals surface area contributed by atoms with Crippen LogP contribution in [0.3, 0.4) is 0 Å². The number of aromatic carboxylic acids is 6. The Hall–Kier alpha value is -3.97. The van der Waals surface area contributed by atoms with Crippen molar-refractivity contribution in [2.45, 2.75) is 4.90 Å². The fourth-order valence-electron chi connectivity index (χ4n) is 3.21. The Morgan fingerprint density at radius 3 is 0.921 bits per heavy atom. The van der Waals surface area contributed by atoms with E-state index in [9.17, 15) is 47.4 Å². The summed E-state index contributed by atoms with van der Waals surface area (Å²) in [6, 6.07) is 12.0. The van der Waals surface area contributed by atoms with Crippen LogP contribution in [0.2, 0.25) is 0 Å². The SMILES string of the molecule is O=C(O)c1ccc(C(=O)O)cc1.O=C(O)c1cccc(C(=O)O)c1.O=C([O-])c1cc(C(=O)[O-])cc(S(=O)(=O)O)c1.OCCO.OCCOCCO.OCCOCCOCCO.[Na+].[Na+]. The summed E-state index contributed by atoms with van der Waals surface area (Å²) in [5.41, 5.74) is -1.24. The van der Waals surface area contributed by atoms with Gasteiger partial charge in [-0.2, -0.15) is 8.42 Å². The van der Waals surface area contributed by atoms with Crippen LogP contribution in [0.25, 0.3) is 0 Å². The average molecular weight is 941 g/mol. The number of aliphatic hydroxyl groups excluding tert-OH is 6. The molecule has 0 aliphatic rings. The molecule has 11 N–H and O–H groups in total. The maximum atomic E-state index is 10.7. The Kier molecular flexibility index (Phi) is 45.4.